The van der Waals surface area contributed by atoms with E-state index < -0.39 is 30.2 Å². The zero-order valence-electron chi connectivity index (χ0n) is 24.9. The average molecular weight is 729 g/mol. The van der Waals surface area contributed by atoms with Crippen molar-refractivity contribution in [2.45, 2.75) is 70.6 Å². The molecule has 1 aliphatic rings. The van der Waals surface area contributed by atoms with Gasteiger partial charge >= 0.3 is 122 Å². The molecule has 0 spiro atoms. The molecule has 1 aliphatic carbocycles. The molecule has 2 rings (SSSR count). The number of carbonyl (C=O) groups excluding carboxylic acids is 6. The van der Waals surface area contributed by atoms with Crippen LogP contribution in [-0.2, 0) is 39.9 Å². The van der Waals surface area contributed by atoms with Crippen molar-refractivity contribution in [1.29, 1.82) is 0 Å². The van der Waals surface area contributed by atoms with E-state index in [1.54, 1.807) is 24.3 Å². The van der Waals surface area contributed by atoms with Crippen molar-refractivity contribution in [2.75, 3.05) is 32.9 Å². The third-order valence-electron chi connectivity index (χ3n) is 6.27. The fourth-order valence-electron chi connectivity index (χ4n) is 4.14. The SMILES string of the molecule is O=CCCCCCNC(=O)OCCCOCC[N-]C(=O)CC(=O)[N-]c1ccc(CC(=O)C2CCCCC2=O)cc1.[Rb+].[Rb+]. The molecule has 42 heavy (non-hydrogen) atoms. The van der Waals surface area contributed by atoms with Gasteiger partial charge in [0, 0.05) is 51.9 Å². The fraction of sp³-hybridized carbons (Fsp3) is 0.586. The van der Waals surface area contributed by atoms with Gasteiger partial charge < -0.3 is 39.8 Å². The van der Waals surface area contributed by atoms with Gasteiger partial charge in [-0.3, -0.25) is 9.59 Å². The van der Waals surface area contributed by atoms with Gasteiger partial charge in [0.15, 0.2) is 0 Å². The maximum Gasteiger partial charge on any atom is 1.00 e. The molecule has 1 aromatic rings. The van der Waals surface area contributed by atoms with Crippen LogP contribution in [0.5, 0.6) is 0 Å². The molecule has 3 amide bonds. The molecule has 0 aromatic heterocycles. The summed E-state index contributed by atoms with van der Waals surface area (Å²) < 4.78 is 10.4. The van der Waals surface area contributed by atoms with E-state index in [1.807, 2.05) is 0 Å². The smallest absolute Gasteiger partial charge is 0.651 e. The minimum Gasteiger partial charge on any atom is -0.651 e. The van der Waals surface area contributed by atoms with Crippen molar-refractivity contribution in [1.82, 2.24) is 5.32 Å². The van der Waals surface area contributed by atoms with E-state index in [9.17, 15) is 28.8 Å². The molecule has 13 heteroatoms. The van der Waals surface area contributed by atoms with Gasteiger partial charge in [0.25, 0.3) is 0 Å². The summed E-state index contributed by atoms with van der Waals surface area (Å²) in [6.45, 7) is 1.31. The van der Waals surface area contributed by atoms with Crippen molar-refractivity contribution in [3.8, 4) is 0 Å². The van der Waals surface area contributed by atoms with Crippen LogP contribution in [0.15, 0.2) is 24.3 Å². The molecule has 0 heterocycles. The molecule has 0 radical (unpaired) electrons. The van der Waals surface area contributed by atoms with Crippen LogP contribution in [0.25, 0.3) is 10.6 Å². The zero-order valence-corrected chi connectivity index (χ0v) is 34.8. The van der Waals surface area contributed by atoms with Gasteiger partial charge in [0.2, 0.25) is 0 Å². The molecule has 11 nitrogen and oxygen atoms in total. The van der Waals surface area contributed by atoms with E-state index in [1.165, 1.54) is 0 Å². The third kappa shape index (κ3) is 19.4. The summed E-state index contributed by atoms with van der Waals surface area (Å²) in [5.74, 6) is -1.77. The number of alkyl carbamates (subject to hydrolysis) is 1. The van der Waals surface area contributed by atoms with Crippen molar-refractivity contribution < 1.29 is 155 Å². The quantitative estimate of drug-likeness (QED) is 0.100. The Morgan fingerprint density at radius 1 is 0.929 bits per heavy atom. The number of ether oxygens (including phenoxy) is 2. The number of Topliss-reactive ketones (excluding diaryl/α,β-unsaturated/α-hetero) is 2. The van der Waals surface area contributed by atoms with Gasteiger partial charge in [-0.2, -0.15) is 0 Å². The Balaban J connectivity index is 0.00000840. The number of ketones is 2. The molecule has 0 saturated heterocycles. The summed E-state index contributed by atoms with van der Waals surface area (Å²) in [5.41, 5.74) is 1.12. The molecule has 1 N–H and O–H groups in total. The zero-order chi connectivity index (χ0) is 29.0. The second kappa shape index (κ2) is 26.2. The normalized spacial score (nSPS) is 14.0. The van der Waals surface area contributed by atoms with E-state index in [0.717, 1.165) is 44.0 Å². The number of hydrogen-bond acceptors (Lipinski definition) is 8. The predicted octanol–water partition coefficient (Wildman–Crippen LogP) is -1.72. The van der Waals surface area contributed by atoms with Gasteiger partial charge in [-0.1, -0.05) is 37.1 Å². The van der Waals surface area contributed by atoms with E-state index in [4.69, 9.17) is 9.47 Å². The number of hydrogen-bond donors (Lipinski definition) is 1. The number of nitrogens with zero attached hydrogens (tertiary/aromatic N) is 2. The number of amides is 3. The van der Waals surface area contributed by atoms with Crippen LogP contribution in [-0.4, -0.2) is 68.7 Å². The molecule has 1 fully saturated rings. The summed E-state index contributed by atoms with van der Waals surface area (Å²) in [6.07, 6.45) is 6.42. The number of unbranched alkanes of at least 4 members (excludes halogenated alkanes) is 3. The first-order valence-electron chi connectivity index (χ1n) is 13.9. The fourth-order valence-corrected chi connectivity index (χ4v) is 4.14. The molecular weight excluding hydrogens is 689 g/mol. The molecule has 0 aliphatic heterocycles. The van der Waals surface area contributed by atoms with Crippen molar-refractivity contribution in [3.05, 3.63) is 40.5 Å². The van der Waals surface area contributed by atoms with Gasteiger partial charge in [0.05, 0.1) is 24.3 Å². The second-order valence-electron chi connectivity index (χ2n) is 9.58. The van der Waals surface area contributed by atoms with Crippen LogP contribution < -0.4 is 122 Å². The number of benzene rings is 1. The Labute approximate surface area is 345 Å². The van der Waals surface area contributed by atoms with Crippen molar-refractivity contribution in [3.63, 3.8) is 0 Å². The standard InChI is InChI=1S/C29H41N3O8.2Rb/c33-16-6-2-1-5-14-31-29(38)40-18-7-17-39-19-15-30-27(36)21-28(37)32-23-12-10-22(11-13-23)20-26(35)24-8-3-4-9-25(24)34;;/h10-13,16,24H,1-9,14-15,17-21H2,(H3,30,31,32,36,37,38);;/q;2*+1/p-2. The van der Waals surface area contributed by atoms with Crippen LogP contribution in [0.2, 0.25) is 0 Å². The van der Waals surface area contributed by atoms with E-state index in [-0.39, 0.29) is 154 Å². The van der Waals surface area contributed by atoms with E-state index in [2.05, 4.69) is 16.0 Å². The minimum atomic E-state index is -0.623. The Hall–Kier alpha value is 0.0104. The number of rotatable bonds is 19. The van der Waals surface area contributed by atoms with Crippen LogP contribution in [0.4, 0.5) is 10.5 Å². The molecule has 0 bridgehead atoms. The third-order valence-corrected chi connectivity index (χ3v) is 6.27. The average Bonchev–Trinajstić information content (AvgIpc) is 2.93. The Morgan fingerprint density at radius 2 is 1.69 bits per heavy atom. The molecule has 1 atom stereocenters. The summed E-state index contributed by atoms with van der Waals surface area (Å²) in [7, 11) is 0. The molecule has 1 aromatic carbocycles. The topological polar surface area (TPSA) is 161 Å². The van der Waals surface area contributed by atoms with Crippen LogP contribution >= 0.6 is 0 Å². The van der Waals surface area contributed by atoms with Crippen LogP contribution in [0.1, 0.15) is 69.8 Å². The summed E-state index contributed by atoms with van der Waals surface area (Å²) in [4.78, 5) is 70.1. The first-order chi connectivity index (χ1) is 19.4. The van der Waals surface area contributed by atoms with Crippen molar-refractivity contribution in [2.24, 2.45) is 5.92 Å². The predicted molar refractivity (Wildman–Crippen MR) is 147 cm³/mol. The monoisotopic (exact) mass is 727 g/mol. The number of nitrogens with one attached hydrogen (secondary N) is 1. The molecule has 1 unspecified atom stereocenters. The van der Waals surface area contributed by atoms with E-state index in [0.29, 0.717) is 44.5 Å². The van der Waals surface area contributed by atoms with Gasteiger partial charge in [-0.25, -0.2) is 4.79 Å². The van der Waals surface area contributed by atoms with Gasteiger partial charge in [0.1, 0.15) is 17.9 Å². The maximum absolute atomic E-state index is 12.4. The van der Waals surface area contributed by atoms with Gasteiger partial charge in [-0.15, -0.1) is 12.2 Å². The largest absolute Gasteiger partial charge is 1.00 e. The Bertz CT molecular complexity index is 992. The van der Waals surface area contributed by atoms with Crippen molar-refractivity contribution >= 4 is 41.4 Å². The molecular formula is C29H39N3O8Rb2. The summed E-state index contributed by atoms with van der Waals surface area (Å²) in [5, 5.41) is 10.3. The Morgan fingerprint density at radius 3 is 2.40 bits per heavy atom. The summed E-state index contributed by atoms with van der Waals surface area (Å²) >= 11 is 0. The second-order valence-corrected chi connectivity index (χ2v) is 9.58. The Kier molecular flexibility index (Phi) is 26.3. The maximum atomic E-state index is 12.4. The molecule has 1 saturated carbocycles. The summed E-state index contributed by atoms with van der Waals surface area (Å²) in [6, 6.07) is 6.59. The van der Waals surface area contributed by atoms with Gasteiger partial charge in [-0.05, 0) is 31.2 Å². The molecule has 220 valence electrons. The number of aldehydes is 1. The minimum absolute atomic E-state index is 0. The van der Waals surface area contributed by atoms with Crippen LogP contribution in [0, 0.1) is 5.92 Å². The first-order valence-corrected chi connectivity index (χ1v) is 13.9. The first kappa shape index (κ1) is 42.0. The van der Waals surface area contributed by atoms with Crippen LogP contribution in [0.3, 0.4) is 0 Å². The number of carbonyl (C=O) groups is 6. The van der Waals surface area contributed by atoms with E-state index >= 15 is 0 Å².